The largest absolute Gasteiger partial charge is 0.479 e. The van der Waals surface area contributed by atoms with Crippen molar-refractivity contribution >= 4 is 119 Å². The van der Waals surface area contributed by atoms with Crippen molar-refractivity contribution in [3.8, 4) is 5.75 Å². The maximum atomic E-state index is 16.7. The highest BCUT2D eigenvalue weighted by Crippen LogP contribution is 2.59. The van der Waals surface area contributed by atoms with E-state index in [1.807, 2.05) is 0 Å². The van der Waals surface area contributed by atoms with Crippen molar-refractivity contribution < 1.29 is 114 Å². The molecule has 4 saturated heterocycles. The molecule has 0 spiro atoms. The number of alkyl halides is 2. The highest BCUT2D eigenvalue weighted by atomic mass is 32.7. The number of nitrogens with one attached hydrogen (secondary N) is 2. The van der Waals surface area contributed by atoms with Gasteiger partial charge in [0.2, 0.25) is 18.1 Å². The van der Waals surface area contributed by atoms with Crippen LogP contribution in [0.3, 0.4) is 0 Å². The third-order valence-electron chi connectivity index (χ3n) is 14.7. The minimum absolute atomic E-state index is 0.00138. The Labute approximate surface area is 521 Å². The molecular formula is C50H57F2N13O22P2S2. The van der Waals surface area contributed by atoms with Gasteiger partial charge in [0.05, 0.1) is 31.6 Å². The van der Waals surface area contributed by atoms with Gasteiger partial charge in [-0.1, -0.05) is 18.3 Å². The van der Waals surface area contributed by atoms with Crippen molar-refractivity contribution in [3.05, 3.63) is 61.2 Å². The number of aromatic nitrogens is 8. The molecule has 4 aromatic heterocycles. The number of hydrogen-bond acceptors (Lipinski definition) is 28. The highest BCUT2D eigenvalue weighted by molar-refractivity contribution is 8.44. The van der Waals surface area contributed by atoms with E-state index in [1.165, 1.54) is 36.1 Å². The van der Waals surface area contributed by atoms with Crippen LogP contribution < -0.4 is 21.1 Å². The fraction of sp³-hybridized carbons (Fsp3) is 0.500. The van der Waals surface area contributed by atoms with Crippen molar-refractivity contribution in [2.45, 2.75) is 125 Å². The Bertz CT molecular complexity index is 3750. The van der Waals surface area contributed by atoms with Crippen LogP contribution in [-0.2, 0) is 88.8 Å². The molecule has 4 fully saturated rings. The lowest BCUT2D eigenvalue weighted by Gasteiger charge is -2.38. The molecule has 0 radical (unpaired) electrons. The van der Waals surface area contributed by atoms with Crippen molar-refractivity contribution in [1.82, 2.24) is 48.8 Å². The smallest absolute Gasteiger partial charge is 0.409 e. The molecule has 35 nitrogen and oxygen atoms in total. The second-order valence-corrected chi connectivity index (χ2v) is 26.6. The number of amides is 5. The molecule has 0 saturated carbocycles. The monoisotopic (exact) mass is 1360 g/mol. The van der Waals surface area contributed by atoms with E-state index in [9.17, 15) is 63.4 Å². The maximum Gasteiger partial charge on any atom is 0.409 e. The molecule has 91 heavy (non-hydrogen) atoms. The topological polar surface area (TPSA) is 465 Å². The lowest BCUT2D eigenvalue weighted by molar-refractivity contribution is -0.271. The van der Waals surface area contributed by atoms with Crippen molar-refractivity contribution in [2.24, 2.45) is 0 Å². The van der Waals surface area contributed by atoms with Gasteiger partial charge in [-0.15, -0.1) is 0 Å². The quantitative estimate of drug-likeness (QED) is 0.0299. The van der Waals surface area contributed by atoms with Crippen LogP contribution in [0.25, 0.3) is 22.3 Å². The number of Topliss-reactive ketones (excluding diaryl/α,β-unsaturated/α-hetero) is 1. The lowest BCUT2D eigenvalue weighted by atomic mass is 9.99. The molecular weight excluding hydrogens is 1300 g/mol. The molecule has 41 heteroatoms. The number of aliphatic carboxylic acids is 1. The number of carbonyl (C=O) groups excluding carboxylic acids is 6. The van der Waals surface area contributed by atoms with Crippen LogP contribution in [0.15, 0.2) is 55.7 Å². The maximum absolute atomic E-state index is 16.7. The normalized spacial score (nSPS) is 30.1. The summed E-state index contributed by atoms with van der Waals surface area (Å²) >= 11 is 9.30. The van der Waals surface area contributed by atoms with Crippen molar-refractivity contribution in [1.29, 1.82) is 0 Å². The SMILES string of the molecule is CN(CCCC(=O)Nc1ncnc2c1ncn2[C@@H]1O[C@@H]2COP(O)(=S)O[C@H]3[C@@H](F)[C@H](n4cnc5c(N)ncnc54)O[C@@H]3COP(=O)(S)O[C@H]2[C@H]1F)C(=O)OCc1ccc(O[C@@H]2O[C@H](C(=O)O)[C@@H](O)[C@H](O)[C@H]2O)c(NC(=O)CCCC(=O)CCN2C(=O)C=CC2=O)c1. The van der Waals surface area contributed by atoms with Gasteiger partial charge in [0.15, 0.2) is 59.3 Å². The zero-order valence-corrected chi connectivity index (χ0v) is 50.7. The predicted molar refractivity (Wildman–Crippen MR) is 307 cm³/mol. The van der Waals surface area contributed by atoms with Crippen molar-refractivity contribution in [3.63, 3.8) is 0 Å². The van der Waals surface area contributed by atoms with Crippen LogP contribution in [-0.4, -0.2) is 216 Å². The number of aliphatic hydroxyl groups excluding tert-OH is 3. The molecule has 490 valence electrons. The molecule has 5 aliphatic heterocycles. The van der Waals surface area contributed by atoms with Crippen molar-refractivity contribution in [2.75, 3.05) is 49.7 Å². The third-order valence-corrected chi connectivity index (χ3v) is 17.9. The lowest BCUT2D eigenvalue weighted by Crippen LogP contribution is -2.61. The zero-order chi connectivity index (χ0) is 65.2. The molecule has 9 N–H and O–H groups in total. The Morgan fingerprint density at radius 2 is 1.42 bits per heavy atom. The van der Waals surface area contributed by atoms with Gasteiger partial charge in [0, 0.05) is 58.0 Å². The zero-order valence-electron chi connectivity index (χ0n) is 47.2. The first-order valence-electron chi connectivity index (χ1n) is 27.5. The first kappa shape index (κ1) is 66.7. The fourth-order valence-corrected chi connectivity index (χ4v) is 13.0. The van der Waals surface area contributed by atoms with Gasteiger partial charge in [0.25, 0.3) is 11.8 Å². The van der Waals surface area contributed by atoms with E-state index in [4.69, 9.17) is 59.3 Å². The number of halogens is 2. The number of rotatable bonds is 20. The van der Waals surface area contributed by atoms with Gasteiger partial charge in [0.1, 0.15) is 79.0 Å². The minimum atomic E-state index is -4.58. The standard InChI is InChI=1S/C50H57F2N13O22P2S2/c1-62(50(76)79-15-22-7-8-25(84-49-38(73)36(71)37(72)41(85-49)48(74)75)24(14-22)60-28(67)5-2-4-23(66)11-13-63-30(69)9-10-31(63)70)12-3-6-29(68)61-43-35-45(57-19-55-43)65(21-59-35)47-33(52)40-27(83-47)17-81-88(77,90)86-39-26(16-80-89(78,91)87-40)82-46(32(39)51)64-20-58-34-42(53)54-18-56-44(34)64/h7-10,14,18-21,26-27,32-33,36-41,46-47,49,71-73H,2-6,11-13,15-17H2,1H3,(H,60,67)(H,74,75)(H,77,90)(H,78,91)(H2,53,54,56)(H,55,57,61,68)/t26-,27-,32-,33-,36+,37+,38-,39-,40-,41+,46-,47-,49-,88?,89?/m1/s1. The Kier molecular flexibility index (Phi) is 20.5. The number of imide groups is 1. The summed E-state index contributed by atoms with van der Waals surface area (Å²) < 4.78 is 99.8. The van der Waals surface area contributed by atoms with E-state index in [2.05, 4.69) is 52.8 Å². The highest BCUT2D eigenvalue weighted by Gasteiger charge is 2.55. The Morgan fingerprint density at radius 1 is 0.802 bits per heavy atom. The first-order chi connectivity index (χ1) is 43.3. The number of nitrogen functional groups attached to an aromatic ring is 1. The van der Waals surface area contributed by atoms with Crippen LogP contribution in [0, 0.1) is 0 Å². The molecule has 5 amide bonds. The van der Waals surface area contributed by atoms with Gasteiger partial charge >= 0.3 is 25.6 Å². The van der Waals surface area contributed by atoms with Gasteiger partial charge in [-0.05, 0) is 42.3 Å². The fourth-order valence-electron chi connectivity index (χ4n) is 10.1. The summed E-state index contributed by atoms with van der Waals surface area (Å²) in [6.45, 7) is -11.1. The van der Waals surface area contributed by atoms with E-state index in [0.717, 1.165) is 45.5 Å². The number of aliphatic hydroxyl groups is 3. The van der Waals surface area contributed by atoms with E-state index in [0.29, 0.717) is 0 Å². The number of benzene rings is 1. The number of carboxylic acid groups (broad SMARTS) is 1. The summed E-state index contributed by atoms with van der Waals surface area (Å²) in [6, 6.07) is 3.94. The molecule has 15 atom stereocenters. The summed E-state index contributed by atoms with van der Waals surface area (Å²) in [5.74, 6) is -4.72. The Balaban J connectivity index is 0.725. The second-order valence-electron chi connectivity index (χ2n) is 21.0. The molecule has 0 aliphatic carbocycles. The predicted octanol–water partition coefficient (Wildman–Crippen LogP) is 1.04. The summed E-state index contributed by atoms with van der Waals surface area (Å²) in [7, 11) is 1.39. The molecule has 1 aromatic carbocycles. The summed E-state index contributed by atoms with van der Waals surface area (Å²) in [6.07, 6.45) is -18.7. The van der Waals surface area contributed by atoms with Crippen LogP contribution >= 0.6 is 25.8 Å². The van der Waals surface area contributed by atoms with Crippen LogP contribution in [0.5, 0.6) is 5.75 Å². The van der Waals surface area contributed by atoms with Crippen LogP contribution in [0.4, 0.5) is 30.9 Å². The van der Waals surface area contributed by atoms with E-state index < -0.39 is 149 Å². The molecule has 2 unspecified atom stereocenters. The van der Waals surface area contributed by atoms with Crippen LogP contribution in [0.1, 0.15) is 56.5 Å². The van der Waals surface area contributed by atoms with Crippen LogP contribution in [0.2, 0.25) is 0 Å². The molecule has 5 aliphatic rings. The number of anilines is 3. The van der Waals surface area contributed by atoms with Gasteiger partial charge in [-0.3, -0.25) is 51.6 Å². The van der Waals surface area contributed by atoms with E-state index >= 15 is 8.78 Å². The number of ether oxygens (including phenoxy) is 5. The van der Waals surface area contributed by atoms with Gasteiger partial charge in [-0.2, -0.15) is 0 Å². The first-order valence-corrected chi connectivity index (χ1v) is 32.8. The van der Waals surface area contributed by atoms with E-state index in [1.54, 1.807) is 0 Å². The minimum Gasteiger partial charge on any atom is -0.479 e. The molecule has 10 rings (SSSR count). The number of fused-ring (bicyclic) bond motifs is 4. The number of hydrogen-bond donors (Lipinski definition) is 9. The molecule has 5 aromatic rings. The number of imidazole rings is 2. The van der Waals surface area contributed by atoms with Gasteiger partial charge < -0.3 is 74.8 Å². The third kappa shape index (κ3) is 15.2. The average molecular weight is 1360 g/mol. The average Bonchev–Trinajstić information content (AvgIpc) is 1.73. The van der Waals surface area contributed by atoms with E-state index in [-0.39, 0.29) is 108 Å². The molecule has 9 heterocycles. The van der Waals surface area contributed by atoms with Gasteiger partial charge in [-0.25, -0.2) is 52.8 Å². The number of ketones is 1. The summed E-state index contributed by atoms with van der Waals surface area (Å²) in [4.78, 5) is 126. The second kappa shape index (κ2) is 27.9. The number of nitrogens with two attached hydrogens (primary N) is 1. The Morgan fingerprint density at radius 3 is 2.10 bits per heavy atom. The number of carboxylic acids is 1. The number of thiol groups is 1. The summed E-state index contributed by atoms with van der Waals surface area (Å²) in [5.41, 5.74) is 6.15. The summed E-state index contributed by atoms with van der Waals surface area (Å²) in [5, 5.41) is 45.9. The number of nitrogens with zero attached hydrogens (tertiary/aromatic N) is 10. The molecule has 0 bridgehead atoms. The Hall–Kier alpha value is -7.20. The number of carbonyl (C=O) groups is 7.